The summed E-state index contributed by atoms with van der Waals surface area (Å²) in [4.78, 5) is 12.7. The molecular weight excluding hydrogens is 308 g/mol. The zero-order valence-corrected chi connectivity index (χ0v) is 13.6. The summed E-state index contributed by atoms with van der Waals surface area (Å²) >= 11 is 0. The molecule has 10 aliphatic rings. The first-order valence-electron chi connectivity index (χ1n) is 9.16. The third kappa shape index (κ3) is 0.117. The molecule has 1 aromatic rings. The zero-order valence-electron chi connectivity index (χ0n) is 12.5. The third-order valence-electron chi connectivity index (χ3n) is 16.7. The van der Waals surface area contributed by atoms with E-state index in [-0.39, 0.29) is 0 Å². The van der Waals surface area contributed by atoms with Crippen molar-refractivity contribution in [1.29, 1.82) is 0 Å². The summed E-state index contributed by atoms with van der Waals surface area (Å²) in [6.45, 7) is 1.12. The summed E-state index contributed by atoms with van der Waals surface area (Å²) < 4.78 is 0.906. The van der Waals surface area contributed by atoms with Crippen LogP contribution in [0.2, 0.25) is 47.7 Å². The van der Waals surface area contributed by atoms with Gasteiger partial charge >= 0.3 is 121 Å². The van der Waals surface area contributed by atoms with Crippen LogP contribution in [0, 0.1) is 0 Å². The van der Waals surface area contributed by atoms with Crippen LogP contribution in [0.5, 0.6) is 0 Å². The Hall–Kier alpha value is -0.781. The van der Waals surface area contributed by atoms with Crippen molar-refractivity contribution in [1.82, 2.24) is 0 Å². The molecule has 0 bridgehead atoms. The Labute approximate surface area is 121 Å². The molecule has 4 unspecified atom stereocenters. The molecule has 0 amide bonds. The molecule has 0 nitrogen and oxygen atoms in total. The maximum atomic E-state index is 4.10. The topological polar surface area (TPSA) is 0 Å². The molecule has 1 heteroatoms. The van der Waals surface area contributed by atoms with Crippen molar-refractivity contribution in [2.24, 2.45) is 0 Å². The molecule has 112 valence electrons. The molecule has 10 saturated heterocycles. The van der Waals surface area contributed by atoms with Crippen molar-refractivity contribution in [2.75, 3.05) is 0 Å². The predicted molar refractivity (Wildman–Crippen MR) is 84.9 cm³/mol. The van der Waals surface area contributed by atoms with Crippen LogP contribution in [0.1, 0.15) is 5.56 Å². The van der Waals surface area contributed by atoms with Gasteiger partial charge in [-0.05, 0) is 0 Å². The van der Waals surface area contributed by atoms with Crippen LogP contribution in [0.15, 0.2) is 54.6 Å². The van der Waals surface area contributed by atoms with Gasteiger partial charge in [0.2, 0.25) is 0 Å². The molecule has 11 rings (SSSR count). The van der Waals surface area contributed by atoms with Crippen LogP contribution in [-0.2, 0) is 12.9 Å². The molecule has 0 saturated carbocycles. The Morgan fingerprint density at radius 1 is 0.955 bits per heavy atom. The van der Waals surface area contributed by atoms with Crippen LogP contribution in [0.3, 0.4) is 0 Å². The van der Waals surface area contributed by atoms with Gasteiger partial charge in [-0.1, -0.05) is 0 Å². The number of benzene rings is 1. The monoisotopic (exact) mass is 328 g/mol. The average molecular weight is 328 g/mol. The van der Waals surface area contributed by atoms with Crippen LogP contribution in [0.4, 0.5) is 0 Å². The van der Waals surface area contributed by atoms with E-state index in [0.717, 1.165) is 4.31 Å². The molecule has 22 heavy (non-hydrogen) atoms. The molecule has 1 spiro atoms. The fraction of sp³-hybridized carbons (Fsp3) is 0.524. The average Bonchev–Trinajstić information content (AvgIpc) is 3.47. The summed E-state index contributed by atoms with van der Waals surface area (Å²) in [5.41, 5.74) is 3.45. The molecule has 10 aliphatic heterocycles. The fourth-order valence-corrected chi connectivity index (χ4v) is 92.8. The molecule has 1 aromatic carbocycles. The molecule has 4 atom stereocenters. The second-order valence-corrected chi connectivity index (χ2v) is 35.8. The number of hydrogen-bond acceptors (Lipinski definition) is 0. The van der Waals surface area contributed by atoms with Gasteiger partial charge in [0.1, 0.15) is 0 Å². The quantitative estimate of drug-likeness (QED) is 0.463. The summed E-state index contributed by atoms with van der Waals surface area (Å²) in [7, 11) is 0. The van der Waals surface area contributed by atoms with Gasteiger partial charge in [0.25, 0.3) is 0 Å². The number of hydrogen-bond donors (Lipinski definition) is 0. The number of allylic oxidation sites excluding steroid dienone is 3. The van der Waals surface area contributed by atoms with E-state index >= 15 is 0 Å². The van der Waals surface area contributed by atoms with Gasteiger partial charge in [-0.15, -0.1) is 0 Å². The van der Waals surface area contributed by atoms with Crippen molar-refractivity contribution in [3.8, 4) is 0 Å². The van der Waals surface area contributed by atoms with Gasteiger partial charge in [-0.25, -0.2) is 0 Å². The Bertz CT molecular complexity index is 1200. The fourth-order valence-electron chi connectivity index (χ4n) is 18.4. The van der Waals surface area contributed by atoms with E-state index < -0.39 is 6.51 Å². The number of rotatable bonds is 4. The van der Waals surface area contributed by atoms with Crippen LogP contribution in [0.25, 0.3) is 0 Å². The molecule has 10 heterocycles. The second-order valence-electron chi connectivity index (χ2n) is 12.3. The molecule has 10 fully saturated rings. The molecular formula is C21H20Fe. The zero-order chi connectivity index (χ0) is 13.8. The van der Waals surface area contributed by atoms with Crippen molar-refractivity contribution in [2.45, 2.75) is 54.1 Å². The summed E-state index contributed by atoms with van der Waals surface area (Å²) in [5.74, 6) is 0. The first-order valence-corrected chi connectivity index (χ1v) is 15.4. The normalized spacial score (nSPS) is 95.3. The van der Waals surface area contributed by atoms with E-state index in [4.69, 9.17) is 0 Å². The minimum atomic E-state index is -2.98. The number of fused-ring (bicyclic) bond motifs is 10. The van der Waals surface area contributed by atoms with Gasteiger partial charge < -0.3 is 0 Å². The minimum absolute atomic E-state index is 0.906. The first kappa shape index (κ1) is 8.90. The van der Waals surface area contributed by atoms with Gasteiger partial charge in [0.15, 0.2) is 0 Å². The van der Waals surface area contributed by atoms with E-state index in [1.54, 1.807) is 5.56 Å². The van der Waals surface area contributed by atoms with Gasteiger partial charge in [-0.2, -0.15) is 0 Å². The van der Waals surface area contributed by atoms with E-state index in [9.17, 15) is 0 Å². The predicted octanol–water partition coefficient (Wildman–Crippen LogP) is 6.10. The van der Waals surface area contributed by atoms with E-state index in [1.165, 1.54) is 49.8 Å². The summed E-state index contributed by atoms with van der Waals surface area (Å²) in [6.07, 6.45) is 5.88. The maximum absolute atomic E-state index is 4.10. The third-order valence-corrected chi connectivity index (χ3v) is 59.1. The Morgan fingerprint density at radius 3 is 1.95 bits per heavy atom. The van der Waals surface area contributed by atoms with Crippen molar-refractivity contribution in [3.63, 3.8) is 0 Å². The van der Waals surface area contributed by atoms with Crippen molar-refractivity contribution >= 4 is 0 Å². The van der Waals surface area contributed by atoms with Crippen LogP contribution >= 0.6 is 0 Å². The molecule has 0 radical (unpaired) electrons. The van der Waals surface area contributed by atoms with Gasteiger partial charge in [0, 0.05) is 0 Å². The van der Waals surface area contributed by atoms with Crippen molar-refractivity contribution in [3.05, 3.63) is 60.2 Å². The Kier molecular flexibility index (Phi) is 0.363. The Balaban J connectivity index is 1.28. The molecule has 0 aliphatic carbocycles. The Morgan fingerprint density at radius 2 is 1.55 bits per heavy atom. The van der Waals surface area contributed by atoms with E-state index in [0.29, 0.717) is 0 Å². The van der Waals surface area contributed by atoms with Crippen LogP contribution < -0.4 is 0 Å². The standard InChI is InChI=1S/C16H15.C5H5.Fe/c1-2-8-16(15-11-6-7-12-15)13-14-9-4-3-5-10-14;1-2-4-5-3-1;/h2-12H,1,13H2;1-5H;. The van der Waals surface area contributed by atoms with Gasteiger partial charge in [0.05, 0.1) is 0 Å². The van der Waals surface area contributed by atoms with Gasteiger partial charge in [-0.3, -0.25) is 0 Å². The van der Waals surface area contributed by atoms with Crippen LogP contribution in [-0.4, -0.2) is 0 Å². The van der Waals surface area contributed by atoms with E-state index in [2.05, 4.69) is 49.1 Å². The van der Waals surface area contributed by atoms with E-state index in [1.807, 2.05) is 5.57 Å². The first-order chi connectivity index (χ1) is 10.6. The molecule has 0 aromatic heterocycles. The SMILES string of the molecule is C=CC=C(Cc1ccccc1)[C]12[CH]3[CH]4[CH]5[CH]1[Fe]45321678[CH]2[CH]1[CH]6[CH]7[CH]28. The van der Waals surface area contributed by atoms with Crippen molar-refractivity contribution < 1.29 is 6.51 Å². The summed E-state index contributed by atoms with van der Waals surface area (Å²) in [5, 5.41) is 0. The molecule has 0 N–H and O–H groups in total. The summed E-state index contributed by atoms with van der Waals surface area (Å²) in [6, 6.07) is 11.3. The second kappa shape index (κ2) is 0.898.